The van der Waals surface area contributed by atoms with Gasteiger partial charge in [0.15, 0.2) is 0 Å². The van der Waals surface area contributed by atoms with E-state index in [0.29, 0.717) is 40.7 Å². The Morgan fingerprint density at radius 1 is 1.15 bits per heavy atom. The first-order valence-electron chi connectivity index (χ1n) is 12.4. The van der Waals surface area contributed by atoms with Crippen LogP contribution in [0.15, 0.2) is 18.2 Å². The van der Waals surface area contributed by atoms with Crippen LogP contribution in [0.1, 0.15) is 62.9 Å². The predicted octanol–water partition coefficient (Wildman–Crippen LogP) is 4.60. The van der Waals surface area contributed by atoms with Crippen LogP contribution in [0, 0.1) is 36.0 Å². The monoisotopic (exact) mass is 465 g/mol. The molecule has 0 spiro atoms. The van der Waals surface area contributed by atoms with Crippen LogP contribution in [-0.2, 0) is 0 Å². The third kappa shape index (κ3) is 4.95. The van der Waals surface area contributed by atoms with Crippen LogP contribution in [0.25, 0.3) is 0 Å². The Bertz CT molecular complexity index is 1040. The van der Waals surface area contributed by atoms with E-state index < -0.39 is 5.91 Å². The summed E-state index contributed by atoms with van der Waals surface area (Å²) in [4.78, 5) is 27.9. The molecular formula is C26H39N7O. The van der Waals surface area contributed by atoms with E-state index in [0.717, 1.165) is 36.2 Å². The minimum Gasteiger partial charge on any atom is -0.366 e. The van der Waals surface area contributed by atoms with Crippen LogP contribution in [0.2, 0.25) is 0 Å². The second-order valence-corrected chi connectivity index (χ2v) is 11.2. The molecule has 0 radical (unpaired) electrons. The Morgan fingerprint density at radius 2 is 1.82 bits per heavy atom. The topological polar surface area (TPSA) is 109 Å². The molecule has 1 aromatic heterocycles. The highest BCUT2D eigenvalue weighted by molar-refractivity contribution is 5.95. The number of nitrogens with one attached hydrogen (secondary N) is 2. The Balaban J connectivity index is 1.54. The lowest BCUT2D eigenvalue weighted by Gasteiger charge is -2.59. The van der Waals surface area contributed by atoms with E-state index in [9.17, 15) is 4.79 Å². The van der Waals surface area contributed by atoms with E-state index in [2.05, 4.69) is 48.3 Å². The summed E-state index contributed by atoms with van der Waals surface area (Å²) in [5.74, 6) is 3.97. The largest absolute Gasteiger partial charge is 0.366 e. The van der Waals surface area contributed by atoms with Crippen molar-refractivity contribution in [1.82, 2.24) is 15.0 Å². The second kappa shape index (κ2) is 9.39. The molecule has 34 heavy (non-hydrogen) atoms. The van der Waals surface area contributed by atoms with Gasteiger partial charge in [0, 0.05) is 31.4 Å². The number of hydrogen-bond donors (Lipinski definition) is 3. The van der Waals surface area contributed by atoms with Gasteiger partial charge in [-0.25, -0.2) is 0 Å². The Labute approximate surface area is 203 Å². The molecule has 0 unspecified atom stereocenters. The minimum absolute atomic E-state index is 0.445. The van der Waals surface area contributed by atoms with Crippen molar-refractivity contribution in [2.45, 2.75) is 53.9 Å². The number of aromatic nitrogens is 3. The van der Waals surface area contributed by atoms with Gasteiger partial charge in [0.2, 0.25) is 23.8 Å². The number of nitrogens with two attached hydrogens (primary N) is 1. The van der Waals surface area contributed by atoms with Gasteiger partial charge in [-0.2, -0.15) is 15.0 Å². The fourth-order valence-electron chi connectivity index (χ4n) is 5.69. The van der Waals surface area contributed by atoms with E-state index >= 15 is 0 Å². The normalized spacial score (nSPS) is 22.7. The number of fused-ring (bicyclic) bond motifs is 2. The molecule has 0 aliphatic heterocycles. The van der Waals surface area contributed by atoms with Gasteiger partial charge >= 0.3 is 0 Å². The molecule has 1 aromatic carbocycles. The summed E-state index contributed by atoms with van der Waals surface area (Å²) in [6, 6.07) is 5.42. The molecule has 1 heterocycles. The van der Waals surface area contributed by atoms with Crippen molar-refractivity contribution in [3.05, 3.63) is 29.3 Å². The first-order valence-corrected chi connectivity index (χ1v) is 12.4. The van der Waals surface area contributed by atoms with Crippen molar-refractivity contribution in [3.8, 4) is 0 Å². The summed E-state index contributed by atoms with van der Waals surface area (Å²) >= 11 is 0. The van der Waals surface area contributed by atoms with Crippen molar-refractivity contribution in [2.75, 3.05) is 35.7 Å². The van der Waals surface area contributed by atoms with Gasteiger partial charge in [-0.05, 0) is 73.0 Å². The molecule has 1 amide bonds. The van der Waals surface area contributed by atoms with Crippen LogP contribution >= 0.6 is 0 Å². The molecule has 0 saturated heterocycles. The van der Waals surface area contributed by atoms with Crippen LogP contribution in [-0.4, -0.2) is 41.0 Å². The van der Waals surface area contributed by atoms with Crippen LogP contribution in [0.5, 0.6) is 0 Å². The predicted molar refractivity (Wildman–Crippen MR) is 138 cm³/mol. The molecule has 2 aromatic rings. The van der Waals surface area contributed by atoms with E-state index in [1.165, 1.54) is 19.3 Å². The van der Waals surface area contributed by atoms with Gasteiger partial charge in [-0.3, -0.25) is 4.79 Å². The number of nitrogens with zero attached hydrogens (tertiary/aromatic N) is 4. The van der Waals surface area contributed by atoms with E-state index in [4.69, 9.17) is 10.7 Å². The average Bonchev–Trinajstić information content (AvgIpc) is 2.78. The highest BCUT2D eigenvalue weighted by Gasteiger charge is 2.52. The molecule has 3 fully saturated rings. The van der Waals surface area contributed by atoms with E-state index in [-0.39, 0.29) is 0 Å². The van der Waals surface area contributed by atoms with Crippen LogP contribution < -0.4 is 21.3 Å². The molecule has 184 valence electrons. The number of carbonyl (C=O) groups excluding carboxylic acids is 1. The summed E-state index contributed by atoms with van der Waals surface area (Å²) in [6.07, 6.45) is 3.93. The quantitative estimate of drug-likeness (QED) is 0.496. The zero-order valence-electron chi connectivity index (χ0n) is 21.4. The molecule has 2 atom stereocenters. The Kier molecular flexibility index (Phi) is 6.69. The lowest BCUT2D eigenvalue weighted by atomic mass is 9.47. The lowest BCUT2D eigenvalue weighted by Crippen LogP contribution is -2.51. The number of amides is 1. The molecule has 3 aliphatic carbocycles. The SMILES string of the molecule is Cc1c(Nc2nc(NCC3C[C@H]4C[C@H](C3)C4(C)C)nc(N(C)CC(C)C)n2)cccc1C(N)=O. The highest BCUT2D eigenvalue weighted by atomic mass is 16.1. The number of anilines is 4. The van der Waals surface area contributed by atoms with E-state index in [1.54, 1.807) is 12.1 Å². The maximum absolute atomic E-state index is 11.8. The Morgan fingerprint density at radius 3 is 2.44 bits per heavy atom. The number of carbonyl (C=O) groups is 1. The zero-order valence-corrected chi connectivity index (χ0v) is 21.4. The summed E-state index contributed by atoms with van der Waals surface area (Å²) < 4.78 is 0. The van der Waals surface area contributed by atoms with Crippen molar-refractivity contribution in [2.24, 2.45) is 34.8 Å². The third-order valence-electron chi connectivity index (χ3n) is 7.91. The summed E-state index contributed by atoms with van der Waals surface area (Å²) in [5, 5.41) is 6.78. The minimum atomic E-state index is -0.454. The number of primary amides is 1. The van der Waals surface area contributed by atoms with Gasteiger partial charge in [-0.1, -0.05) is 33.8 Å². The van der Waals surface area contributed by atoms with Gasteiger partial charge < -0.3 is 21.3 Å². The van der Waals surface area contributed by atoms with Crippen LogP contribution in [0.3, 0.4) is 0 Å². The maximum atomic E-state index is 11.8. The molecule has 5 rings (SSSR count). The Hall–Kier alpha value is -2.90. The van der Waals surface area contributed by atoms with Gasteiger partial charge in [0.1, 0.15) is 0 Å². The smallest absolute Gasteiger partial charge is 0.249 e. The first-order chi connectivity index (χ1) is 16.0. The van der Waals surface area contributed by atoms with Crippen molar-refractivity contribution >= 4 is 29.4 Å². The first kappa shape index (κ1) is 24.2. The van der Waals surface area contributed by atoms with E-state index in [1.807, 2.05) is 24.9 Å². The molecular weight excluding hydrogens is 426 g/mol. The average molecular weight is 466 g/mol. The van der Waals surface area contributed by atoms with Gasteiger partial charge in [-0.15, -0.1) is 0 Å². The van der Waals surface area contributed by atoms with Crippen molar-refractivity contribution in [3.63, 3.8) is 0 Å². The molecule has 8 nitrogen and oxygen atoms in total. The lowest BCUT2D eigenvalue weighted by molar-refractivity contribution is -0.0870. The third-order valence-corrected chi connectivity index (χ3v) is 7.91. The summed E-state index contributed by atoms with van der Waals surface area (Å²) in [6.45, 7) is 12.8. The summed E-state index contributed by atoms with van der Waals surface area (Å²) in [7, 11) is 2.00. The second-order valence-electron chi connectivity index (χ2n) is 11.2. The van der Waals surface area contributed by atoms with Crippen LogP contribution in [0.4, 0.5) is 23.5 Å². The van der Waals surface area contributed by atoms with Gasteiger partial charge in [0.25, 0.3) is 0 Å². The highest BCUT2D eigenvalue weighted by Crippen LogP contribution is 2.60. The van der Waals surface area contributed by atoms with Gasteiger partial charge in [0.05, 0.1) is 0 Å². The molecule has 3 aliphatic rings. The maximum Gasteiger partial charge on any atom is 0.249 e. The number of hydrogen-bond acceptors (Lipinski definition) is 7. The molecule has 4 N–H and O–H groups in total. The number of benzene rings is 1. The molecule has 3 saturated carbocycles. The standard InChI is InChI=1S/C26H39N7O/c1-15(2)14-33(6)25-31-23(28-13-17-10-18-12-19(11-17)26(18,4)5)30-24(32-25)29-21-9-7-8-20(16(21)3)22(27)34/h7-9,15,17-19H,10-14H2,1-6H3,(H2,27,34)(H2,28,29,30,31,32)/t18-,19-/m0/s1. The zero-order chi connectivity index (χ0) is 24.6. The molecule has 2 bridgehead atoms. The van der Waals surface area contributed by atoms with Crippen molar-refractivity contribution < 1.29 is 4.79 Å². The summed E-state index contributed by atoms with van der Waals surface area (Å²) in [5.41, 5.74) is 8.03. The fraction of sp³-hybridized carbons (Fsp3) is 0.615. The number of rotatable bonds is 9. The molecule has 8 heteroatoms. The fourth-order valence-corrected chi connectivity index (χ4v) is 5.69. The van der Waals surface area contributed by atoms with Crippen molar-refractivity contribution in [1.29, 1.82) is 0 Å².